The Morgan fingerprint density at radius 1 is 1.29 bits per heavy atom. The van der Waals surface area contributed by atoms with Crippen LogP contribution in [0.3, 0.4) is 0 Å². The van der Waals surface area contributed by atoms with Crippen LogP contribution in [-0.2, 0) is 14.4 Å². The van der Waals surface area contributed by atoms with Crippen molar-refractivity contribution in [2.24, 2.45) is 33.7 Å². The first-order valence-corrected chi connectivity index (χ1v) is 12.3. The zero-order valence-corrected chi connectivity index (χ0v) is 20.0. The second kappa shape index (κ2) is 9.10. The number of hydrogen-bond donors (Lipinski definition) is 4. The van der Waals surface area contributed by atoms with Gasteiger partial charge >= 0.3 is 0 Å². The van der Waals surface area contributed by atoms with E-state index < -0.39 is 29.5 Å². The second-order valence-corrected chi connectivity index (χ2v) is 10.9. The monoisotopic (exact) mass is 472 g/mol. The Labute approximate surface area is 200 Å². The van der Waals surface area contributed by atoms with Crippen molar-refractivity contribution < 1.29 is 29.7 Å². The number of carbonyl (C=O) groups excluding carboxylic acids is 2. The molecule has 3 fully saturated rings. The van der Waals surface area contributed by atoms with E-state index in [1.807, 2.05) is 6.92 Å². The quantitative estimate of drug-likeness (QED) is 0.341. The van der Waals surface area contributed by atoms with Crippen LogP contribution in [-0.4, -0.2) is 64.2 Å². The lowest BCUT2D eigenvalue weighted by Gasteiger charge is -2.60. The van der Waals surface area contributed by atoms with Crippen LogP contribution in [0.4, 0.5) is 0 Å². The Bertz CT molecular complexity index is 953. The van der Waals surface area contributed by atoms with Crippen molar-refractivity contribution in [3.63, 3.8) is 0 Å². The SMILES string of the molecule is C#CCNC(=O)CON=C1C=C2CC[C@@H]3[C@H]([C@@H](O)C[C@@]4(C)[C@H]3CC[C@@]4(O)C(=O)CO)[C@@]2(C)CC1. The molecule has 0 spiro atoms. The van der Waals surface area contributed by atoms with E-state index in [-0.39, 0.29) is 42.2 Å². The smallest absolute Gasteiger partial charge is 0.261 e. The van der Waals surface area contributed by atoms with Crippen molar-refractivity contribution in [2.45, 2.75) is 70.5 Å². The van der Waals surface area contributed by atoms with Crippen LogP contribution in [0.5, 0.6) is 0 Å². The average molecular weight is 473 g/mol. The van der Waals surface area contributed by atoms with E-state index in [2.05, 4.69) is 29.4 Å². The normalized spacial score (nSPS) is 42.0. The molecule has 0 unspecified atom stereocenters. The molecule has 0 aromatic heterocycles. The fraction of sp³-hybridized carbons (Fsp3) is 0.731. The Hall–Kier alpha value is -2.21. The van der Waals surface area contributed by atoms with Crippen molar-refractivity contribution in [3.05, 3.63) is 11.6 Å². The second-order valence-electron chi connectivity index (χ2n) is 10.9. The third-order valence-electron chi connectivity index (χ3n) is 9.43. The number of terminal acetylenes is 1. The largest absolute Gasteiger partial charge is 0.393 e. The highest BCUT2D eigenvalue weighted by Crippen LogP contribution is 2.67. The lowest BCUT2D eigenvalue weighted by molar-refractivity contribution is -0.181. The molecule has 7 atom stereocenters. The van der Waals surface area contributed by atoms with Gasteiger partial charge in [-0.05, 0) is 74.2 Å². The maximum atomic E-state index is 12.5. The van der Waals surface area contributed by atoms with Gasteiger partial charge in [0.1, 0.15) is 12.2 Å². The molecule has 0 saturated heterocycles. The summed E-state index contributed by atoms with van der Waals surface area (Å²) in [6, 6.07) is 0. The minimum atomic E-state index is -1.58. The van der Waals surface area contributed by atoms with Gasteiger partial charge in [-0.1, -0.05) is 30.5 Å². The fourth-order valence-corrected chi connectivity index (χ4v) is 7.74. The zero-order chi connectivity index (χ0) is 24.7. The maximum absolute atomic E-state index is 12.5. The highest BCUT2D eigenvalue weighted by Gasteiger charge is 2.68. The Morgan fingerprint density at radius 3 is 2.76 bits per heavy atom. The number of amides is 1. The van der Waals surface area contributed by atoms with Crippen LogP contribution >= 0.6 is 0 Å². The molecule has 4 N–H and O–H groups in total. The summed E-state index contributed by atoms with van der Waals surface area (Å²) in [6.45, 7) is 3.42. The number of allylic oxidation sites excluding steroid dienone is 2. The van der Waals surface area contributed by atoms with E-state index in [1.54, 1.807) is 0 Å². The molecule has 0 heterocycles. The minimum Gasteiger partial charge on any atom is -0.393 e. The Kier molecular flexibility index (Phi) is 6.67. The van der Waals surface area contributed by atoms with Gasteiger partial charge in [0.25, 0.3) is 5.91 Å². The van der Waals surface area contributed by atoms with Crippen LogP contribution < -0.4 is 5.32 Å². The summed E-state index contributed by atoms with van der Waals surface area (Å²) in [5.41, 5.74) is -0.489. The standard InChI is InChI=1S/C26H36N2O6/c1-4-11-27-22(32)15-34-28-17-7-9-24(2)16(12-17)5-6-18-19-8-10-26(33,21(31)14-29)25(19,3)13-20(30)23(18)24/h1,12,18-20,23,29-30,33H,5-11,13-15H2,2-3H3,(H,27,32)/t18-,19-,20-,23+,24-,25-,26+/m0/s1. The molecule has 0 bridgehead atoms. The van der Waals surface area contributed by atoms with Crippen molar-refractivity contribution in [1.29, 1.82) is 0 Å². The summed E-state index contributed by atoms with van der Waals surface area (Å²) < 4.78 is 0. The molecule has 186 valence electrons. The minimum absolute atomic E-state index is 0.0363. The summed E-state index contributed by atoms with van der Waals surface area (Å²) in [5, 5.41) is 38.9. The summed E-state index contributed by atoms with van der Waals surface area (Å²) >= 11 is 0. The van der Waals surface area contributed by atoms with Crippen molar-refractivity contribution in [2.75, 3.05) is 19.8 Å². The van der Waals surface area contributed by atoms with Crippen LogP contribution in [0.25, 0.3) is 0 Å². The number of aliphatic hydroxyl groups excluding tert-OH is 2. The summed E-state index contributed by atoms with van der Waals surface area (Å²) in [7, 11) is 0. The van der Waals surface area contributed by atoms with Gasteiger partial charge in [-0.15, -0.1) is 6.42 Å². The number of oxime groups is 1. The van der Waals surface area contributed by atoms with E-state index >= 15 is 0 Å². The third-order valence-corrected chi connectivity index (χ3v) is 9.43. The van der Waals surface area contributed by atoms with Gasteiger partial charge < -0.3 is 25.5 Å². The van der Waals surface area contributed by atoms with Crippen LogP contribution in [0.2, 0.25) is 0 Å². The molecule has 0 aromatic rings. The predicted molar refractivity (Wildman–Crippen MR) is 125 cm³/mol. The first-order valence-electron chi connectivity index (χ1n) is 12.3. The number of fused-ring (bicyclic) bond motifs is 5. The van der Waals surface area contributed by atoms with Crippen LogP contribution in [0.1, 0.15) is 58.8 Å². The first-order chi connectivity index (χ1) is 16.1. The van der Waals surface area contributed by atoms with Crippen LogP contribution in [0.15, 0.2) is 16.8 Å². The maximum Gasteiger partial charge on any atom is 0.261 e. The molecule has 1 amide bonds. The number of nitrogens with zero attached hydrogens (tertiary/aromatic N) is 1. The van der Waals surface area contributed by atoms with Crippen molar-refractivity contribution in [3.8, 4) is 12.3 Å². The Balaban J connectivity index is 1.52. The third kappa shape index (κ3) is 3.78. The molecule has 4 aliphatic rings. The lowest BCUT2D eigenvalue weighted by Crippen LogP contribution is -2.62. The van der Waals surface area contributed by atoms with E-state index in [9.17, 15) is 24.9 Å². The molecular weight excluding hydrogens is 436 g/mol. The summed E-state index contributed by atoms with van der Waals surface area (Å²) in [6.07, 6.45) is 11.2. The molecule has 0 aliphatic heterocycles. The topological polar surface area (TPSA) is 128 Å². The van der Waals surface area contributed by atoms with Gasteiger partial charge in [-0.3, -0.25) is 9.59 Å². The van der Waals surface area contributed by atoms with Gasteiger partial charge in [0, 0.05) is 5.41 Å². The van der Waals surface area contributed by atoms with Gasteiger partial charge in [-0.2, -0.15) is 0 Å². The molecule has 4 rings (SSSR count). The molecule has 8 heteroatoms. The molecule has 34 heavy (non-hydrogen) atoms. The van der Waals surface area contributed by atoms with Crippen molar-refractivity contribution >= 4 is 17.4 Å². The van der Waals surface area contributed by atoms with E-state index in [1.165, 1.54) is 5.57 Å². The van der Waals surface area contributed by atoms with E-state index in [0.29, 0.717) is 19.3 Å². The van der Waals surface area contributed by atoms with Crippen LogP contribution in [0, 0.1) is 40.9 Å². The lowest BCUT2D eigenvalue weighted by atomic mass is 9.45. The molecule has 0 aromatic carbocycles. The van der Waals surface area contributed by atoms with Gasteiger partial charge in [-0.25, -0.2) is 0 Å². The number of hydrogen-bond acceptors (Lipinski definition) is 7. The summed E-state index contributed by atoms with van der Waals surface area (Å²) in [5.74, 6) is 1.85. The number of rotatable bonds is 6. The fourth-order valence-electron chi connectivity index (χ4n) is 7.74. The predicted octanol–water partition coefficient (Wildman–Crippen LogP) is 1.33. The van der Waals surface area contributed by atoms with Gasteiger partial charge in [0.2, 0.25) is 0 Å². The average Bonchev–Trinajstić information content (AvgIpc) is 3.08. The summed E-state index contributed by atoms with van der Waals surface area (Å²) in [4.78, 5) is 29.4. The van der Waals surface area contributed by atoms with E-state index in [0.717, 1.165) is 31.4 Å². The molecular formula is C26H36N2O6. The number of ketones is 1. The Morgan fingerprint density at radius 2 is 2.06 bits per heavy atom. The highest BCUT2D eigenvalue weighted by molar-refractivity contribution is 5.96. The molecule has 4 aliphatic carbocycles. The highest BCUT2D eigenvalue weighted by atomic mass is 16.6. The zero-order valence-electron chi connectivity index (χ0n) is 20.0. The van der Waals surface area contributed by atoms with Gasteiger partial charge in [0.05, 0.1) is 18.4 Å². The van der Waals surface area contributed by atoms with E-state index in [4.69, 9.17) is 11.3 Å². The molecule has 8 nitrogen and oxygen atoms in total. The number of Topliss-reactive ketones (excluding diaryl/α,β-unsaturated/α-hetero) is 1. The number of nitrogens with one attached hydrogen (secondary N) is 1. The molecule has 0 radical (unpaired) electrons. The molecule has 3 saturated carbocycles. The van der Waals surface area contributed by atoms with Gasteiger partial charge in [0.15, 0.2) is 12.4 Å². The number of aliphatic hydroxyl groups is 3. The first kappa shape index (κ1) is 24.9. The van der Waals surface area contributed by atoms with Crippen molar-refractivity contribution in [1.82, 2.24) is 5.32 Å². The number of carbonyl (C=O) groups is 2.